The van der Waals surface area contributed by atoms with Crippen molar-refractivity contribution >= 4 is 29.3 Å². The Kier molecular flexibility index (Phi) is 10.1. The molecule has 9 heteroatoms. The fourth-order valence-corrected chi connectivity index (χ4v) is 6.21. The second-order valence-electron chi connectivity index (χ2n) is 11.3. The number of benzene rings is 3. The van der Waals surface area contributed by atoms with Crippen molar-refractivity contribution in [1.82, 2.24) is 20.4 Å². The molecular weight excluding hydrogens is 567 g/mol. The maximum atomic E-state index is 14.2. The van der Waals surface area contributed by atoms with Crippen LogP contribution in [0.4, 0.5) is 4.39 Å². The lowest BCUT2D eigenvalue weighted by molar-refractivity contribution is -0.153. The van der Waals surface area contributed by atoms with E-state index in [-0.39, 0.29) is 30.0 Å². The van der Waals surface area contributed by atoms with Crippen molar-refractivity contribution in [3.63, 3.8) is 0 Å². The Balaban J connectivity index is 1.32. The molecule has 1 saturated heterocycles. The van der Waals surface area contributed by atoms with Gasteiger partial charge in [-0.05, 0) is 65.8 Å². The smallest absolute Gasteiger partial charge is 0.246 e. The Morgan fingerprint density at radius 1 is 1.02 bits per heavy atom. The molecule has 0 saturated carbocycles. The first-order valence-electron chi connectivity index (χ1n) is 15.0. The molecule has 2 N–H and O–H groups in total. The normalized spacial score (nSPS) is 19.1. The van der Waals surface area contributed by atoms with Crippen LogP contribution in [0.5, 0.6) is 0 Å². The Bertz CT molecular complexity index is 1450. The van der Waals surface area contributed by atoms with E-state index in [1.54, 1.807) is 17.0 Å². The first-order chi connectivity index (χ1) is 20.8. The van der Waals surface area contributed by atoms with Gasteiger partial charge in [-0.25, -0.2) is 4.39 Å². The van der Waals surface area contributed by atoms with E-state index >= 15 is 0 Å². The molecule has 0 aromatic heterocycles. The van der Waals surface area contributed by atoms with Gasteiger partial charge >= 0.3 is 0 Å². The zero-order valence-electron chi connectivity index (χ0n) is 24.4. The summed E-state index contributed by atoms with van der Waals surface area (Å²) in [6.45, 7) is 3.87. The van der Waals surface area contributed by atoms with Crippen LogP contribution in [-0.2, 0) is 40.2 Å². The van der Waals surface area contributed by atoms with Crippen molar-refractivity contribution in [1.29, 1.82) is 0 Å². The van der Waals surface area contributed by atoms with Gasteiger partial charge in [0, 0.05) is 37.6 Å². The molecule has 3 unspecified atom stereocenters. The lowest BCUT2D eigenvalue weighted by atomic mass is 9.95. The van der Waals surface area contributed by atoms with Gasteiger partial charge in [-0.2, -0.15) is 0 Å². The van der Waals surface area contributed by atoms with Crippen LogP contribution < -0.4 is 10.6 Å². The highest BCUT2D eigenvalue weighted by Gasteiger charge is 2.40. The third kappa shape index (κ3) is 7.61. The maximum Gasteiger partial charge on any atom is 0.246 e. The van der Waals surface area contributed by atoms with Crippen LogP contribution in [0.2, 0.25) is 5.02 Å². The third-order valence-electron chi connectivity index (χ3n) is 8.35. The Morgan fingerprint density at radius 3 is 2.53 bits per heavy atom. The Labute approximate surface area is 257 Å². The fraction of sp³-hybridized carbons (Fsp3) is 0.382. The number of nitrogens with zero attached hydrogens (tertiary/aromatic N) is 2. The Hall–Kier alpha value is -3.75. The average Bonchev–Trinajstić information content (AvgIpc) is 3.01. The standard InChI is InChI=1S/C34H38ClFN4O3/c1-2-6-31-34(43)39(16-15-23-7-5-10-27(35)19-23)17-18-40(31)33(42)30(20-24-11-13-28(36)14-12-24)38-32(41)29-21-25-8-3-4-9-26(25)22-37-29/h3-5,7-14,19,29-31,37H,2,6,15-18,20-22H2,1H3,(H,38,41). The molecule has 43 heavy (non-hydrogen) atoms. The summed E-state index contributed by atoms with van der Waals surface area (Å²) in [6, 6.07) is 19.5. The second-order valence-corrected chi connectivity index (χ2v) is 11.8. The first kappa shape index (κ1) is 30.7. The molecule has 2 aliphatic heterocycles. The highest BCUT2D eigenvalue weighted by atomic mass is 35.5. The van der Waals surface area contributed by atoms with Crippen LogP contribution in [-0.4, -0.2) is 65.3 Å². The van der Waals surface area contributed by atoms with E-state index in [1.807, 2.05) is 60.4 Å². The molecule has 3 atom stereocenters. The quantitative estimate of drug-likeness (QED) is 0.362. The molecule has 0 spiro atoms. The second kappa shape index (κ2) is 14.1. The summed E-state index contributed by atoms with van der Waals surface area (Å²) in [4.78, 5) is 44.9. The molecule has 3 aromatic carbocycles. The molecule has 1 fully saturated rings. The van der Waals surface area contributed by atoms with Crippen LogP contribution >= 0.6 is 11.6 Å². The van der Waals surface area contributed by atoms with Crippen LogP contribution in [0.25, 0.3) is 0 Å². The number of fused-ring (bicyclic) bond motifs is 1. The van der Waals surface area contributed by atoms with E-state index in [9.17, 15) is 18.8 Å². The summed E-state index contributed by atoms with van der Waals surface area (Å²) < 4.78 is 13.7. The van der Waals surface area contributed by atoms with Gasteiger partial charge in [0.05, 0.1) is 6.04 Å². The lowest BCUT2D eigenvalue weighted by Gasteiger charge is -2.42. The predicted octanol–water partition coefficient (Wildman–Crippen LogP) is 4.30. The van der Waals surface area contributed by atoms with Crippen molar-refractivity contribution < 1.29 is 18.8 Å². The van der Waals surface area contributed by atoms with Crippen molar-refractivity contribution in [3.05, 3.63) is 106 Å². The molecule has 2 aliphatic rings. The van der Waals surface area contributed by atoms with Crippen LogP contribution in [0.3, 0.4) is 0 Å². The van der Waals surface area contributed by atoms with E-state index in [1.165, 1.54) is 12.1 Å². The number of carbonyl (C=O) groups excluding carboxylic acids is 3. The molecule has 5 rings (SSSR count). The summed E-state index contributed by atoms with van der Waals surface area (Å²) >= 11 is 6.14. The number of nitrogens with one attached hydrogen (secondary N) is 2. The van der Waals surface area contributed by atoms with Gasteiger partial charge < -0.3 is 20.4 Å². The van der Waals surface area contributed by atoms with E-state index in [0.29, 0.717) is 50.5 Å². The fourth-order valence-electron chi connectivity index (χ4n) is 6.00. The number of rotatable bonds is 10. The average molecular weight is 605 g/mol. The van der Waals surface area contributed by atoms with Gasteiger partial charge in [0.1, 0.15) is 17.9 Å². The van der Waals surface area contributed by atoms with Gasteiger partial charge in [0.25, 0.3) is 0 Å². The summed E-state index contributed by atoms with van der Waals surface area (Å²) in [5, 5.41) is 6.94. The number of hydrogen-bond donors (Lipinski definition) is 2. The summed E-state index contributed by atoms with van der Waals surface area (Å²) in [5.74, 6) is -1.02. The largest absolute Gasteiger partial charge is 0.343 e. The molecule has 3 aromatic rings. The number of amides is 3. The van der Waals surface area contributed by atoms with Gasteiger partial charge in [-0.1, -0.05) is 73.5 Å². The molecule has 7 nitrogen and oxygen atoms in total. The lowest BCUT2D eigenvalue weighted by Crippen LogP contribution is -2.63. The SMILES string of the molecule is CCCC1C(=O)N(CCc2cccc(Cl)c2)CCN1C(=O)C(Cc1ccc(F)cc1)NC(=O)C1Cc2ccccc2CN1. The molecule has 0 bridgehead atoms. The highest BCUT2D eigenvalue weighted by molar-refractivity contribution is 6.30. The third-order valence-corrected chi connectivity index (χ3v) is 8.59. The monoisotopic (exact) mass is 604 g/mol. The van der Waals surface area contributed by atoms with Crippen molar-refractivity contribution in [2.75, 3.05) is 19.6 Å². The zero-order chi connectivity index (χ0) is 30.3. The van der Waals surface area contributed by atoms with Crippen molar-refractivity contribution in [3.8, 4) is 0 Å². The minimum Gasteiger partial charge on any atom is -0.343 e. The minimum absolute atomic E-state index is 0.0825. The molecule has 2 heterocycles. The summed E-state index contributed by atoms with van der Waals surface area (Å²) in [7, 11) is 0. The summed E-state index contributed by atoms with van der Waals surface area (Å²) in [6.07, 6.45) is 2.62. The Morgan fingerprint density at radius 2 is 1.79 bits per heavy atom. The minimum atomic E-state index is -0.901. The summed E-state index contributed by atoms with van der Waals surface area (Å²) in [5.41, 5.74) is 4.03. The zero-order valence-corrected chi connectivity index (χ0v) is 25.2. The van der Waals surface area contributed by atoms with Gasteiger partial charge in [0.2, 0.25) is 17.7 Å². The van der Waals surface area contributed by atoms with E-state index in [4.69, 9.17) is 11.6 Å². The van der Waals surface area contributed by atoms with E-state index in [2.05, 4.69) is 10.6 Å². The van der Waals surface area contributed by atoms with Gasteiger partial charge in [0.15, 0.2) is 0 Å². The van der Waals surface area contributed by atoms with Gasteiger partial charge in [-0.3, -0.25) is 14.4 Å². The van der Waals surface area contributed by atoms with Gasteiger partial charge in [-0.15, -0.1) is 0 Å². The molecular formula is C34H38ClFN4O3. The molecule has 3 amide bonds. The number of hydrogen-bond acceptors (Lipinski definition) is 4. The molecule has 0 radical (unpaired) electrons. The number of halogens is 2. The number of carbonyl (C=O) groups is 3. The van der Waals surface area contributed by atoms with Crippen molar-refractivity contribution in [2.45, 2.75) is 63.7 Å². The molecule has 0 aliphatic carbocycles. The van der Waals surface area contributed by atoms with Crippen molar-refractivity contribution in [2.24, 2.45) is 0 Å². The van der Waals surface area contributed by atoms with Crippen LogP contribution in [0.1, 0.15) is 42.0 Å². The van der Waals surface area contributed by atoms with Crippen LogP contribution in [0, 0.1) is 5.82 Å². The van der Waals surface area contributed by atoms with E-state index < -0.39 is 18.1 Å². The number of piperazine rings is 1. The maximum absolute atomic E-state index is 14.2. The molecule has 226 valence electrons. The van der Waals surface area contributed by atoms with Crippen LogP contribution in [0.15, 0.2) is 72.8 Å². The predicted molar refractivity (Wildman–Crippen MR) is 165 cm³/mol. The van der Waals surface area contributed by atoms with E-state index in [0.717, 1.165) is 28.7 Å². The first-order valence-corrected chi connectivity index (χ1v) is 15.4. The highest BCUT2D eigenvalue weighted by Crippen LogP contribution is 2.21. The topological polar surface area (TPSA) is 81.8 Å².